The zero-order valence-corrected chi connectivity index (χ0v) is 19.5. The summed E-state index contributed by atoms with van der Waals surface area (Å²) >= 11 is 0. The Morgan fingerprint density at radius 2 is 1.28 bits per heavy atom. The lowest BCUT2D eigenvalue weighted by Gasteiger charge is -2.17. The van der Waals surface area contributed by atoms with Gasteiger partial charge in [-0.3, -0.25) is 9.05 Å². The zero-order valence-electron chi connectivity index (χ0n) is 18.6. The first-order valence-electron chi connectivity index (χ1n) is 11.6. The van der Waals surface area contributed by atoms with Crippen LogP contribution in [-0.4, -0.2) is 49.1 Å². The molecule has 0 amide bonds. The van der Waals surface area contributed by atoms with Gasteiger partial charge >= 0.3 is 7.82 Å². The van der Waals surface area contributed by atoms with Crippen LogP contribution in [0.5, 0.6) is 0 Å². The number of unbranched alkanes of at least 4 members (excludes halogenated alkanes) is 13. The Balaban J connectivity index is 3.42. The summed E-state index contributed by atoms with van der Waals surface area (Å²) in [7, 11) is -4.12. The van der Waals surface area contributed by atoms with Crippen molar-refractivity contribution in [1.29, 1.82) is 0 Å². The third kappa shape index (κ3) is 21.0. The van der Waals surface area contributed by atoms with E-state index in [1.165, 1.54) is 77.0 Å². The van der Waals surface area contributed by atoms with Crippen molar-refractivity contribution in [3.8, 4) is 0 Å². The van der Waals surface area contributed by atoms with Crippen molar-refractivity contribution in [3.63, 3.8) is 0 Å². The van der Waals surface area contributed by atoms with Gasteiger partial charge in [-0.25, -0.2) is 4.57 Å². The molecule has 0 bridgehead atoms. The molecule has 7 nitrogen and oxygen atoms in total. The molecule has 0 aromatic carbocycles. The largest absolute Gasteiger partial charge is 0.472 e. The van der Waals surface area contributed by atoms with Gasteiger partial charge in [0.05, 0.1) is 19.8 Å². The van der Waals surface area contributed by atoms with Gasteiger partial charge in [0.1, 0.15) is 6.10 Å². The van der Waals surface area contributed by atoms with Crippen LogP contribution in [0.2, 0.25) is 0 Å². The van der Waals surface area contributed by atoms with Crippen LogP contribution >= 0.6 is 7.82 Å². The monoisotopic (exact) mass is 439 g/mol. The molecule has 0 radical (unpaired) electrons. The van der Waals surface area contributed by atoms with E-state index in [0.717, 1.165) is 12.8 Å². The van der Waals surface area contributed by atoms with Crippen molar-refractivity contribution in [2.75, 3.05) is 33.0 Å². The van der Waals surface area contributed by atoms with Gasteiger partial charge in [-0.15, -0.1) is 0 Å². The molecule has 4 N–H and O–H groups in total. The van der Waals surface area contributed by atoms with Crippen molar-refractivity contribution in [3.05, 3.63) is 0 Å². The summed E-state index contributed by atoms with van der Waals surface area (Å²) in [6.07, 6.45) is 17.5. The Morgan fingerprint density at radius 3 is 1.72 bits per heavy atom. The molecule has 2 atom stereocenters. The van der Waals surface area contributed by atoms with Gasteiger partial charge in [-0.2, -0.15) is 0 Å². The zero-order chi connectivity index (χ0) is 21.6. The van der Waals surface area contributed by atoms with E-state index < -0.39 is 13.9 Å². The average molecular weight is 440 g/mol. The van der Waals surface area contributed by atoms with Gasteiger partial charge < -0.3 is 20.5 Å². The molecule has 1 unspecified atom stereocenters. The second kappa shape index (κ2) is 21.2. The molecule has 8 heteroatoms. The van der Waals surface area contributed by atoms with E-state index in [-0.39, 0.29) is 26.4 Å². The fourth-order valence-corrected chi connectivity index (χ4v) is 3.85. The highest BCUT2D eigenvalue weighted by atomic mass is 31.2. The topological polar surface area (TPSA) is 111 Å². The van der Waals surface area contributed by atoms with E-state index in [4.69, 9.17) is 15.0 Å². The molecule has 0 fully saturated rings. The smallest absolute Gasteiger partial charge is 0.394 e. The molecule has 0 aliphatic carbocycles. The lowest BCUT2D eigenvalue weighted by atomic mass is 10.0. The van der Waals surface area contributed by atoms with E-state index in [0.29, 0.717) is 6.61 Å². The number of phosphoric acid groups is 1. The standard InChI is InChI=1S/C21H46NO6P/c1-2-3-4-5-6-7-8-9-10-11-12-13-14-15-17-26-21(19-23)20-28-29(24,25)27-18-16-22/h21,23H,2-20,22H2,1H3,(H,24,25)/t21-/m0/s1. The molecule has 0 heterocycles. The third-order valence-electron chi connectivity index (χ3n) is 4.85. The van der Waals surface area contributed by atoms with Gasteiger partial charge in [-0.1, -0.05) is 90.4 Å². The Hall–Kier alpha value is -0.0100. The number of aliphatic hydroxyl groups excluding tert-OH is 1. The molecule has 0 aromatic heterocycles. The number of ether oxygens (including phenoxy) is 1. The first kappa shape index (κ1) is 29.0. The maximum Gasteiger partial charge on any atom is 0.472 e. The molecule has 29 heavy (non-hydrogen) atoms. The number of rotatable bonds is 23. The summed E-state index contributed by atoms with van der Waals surface area (Å²) in [6, 6.07) is 0. The molecule has 176 valence electrons. The van der Waals surface area contributed by atoms with Gasteiger partial charge in [0, 0.05) is 13.2 Å². The Morgan fingerprint density at radius 1 is 0.793 bits per heavy atom. The van der Waals surface area contributed by atoms with E-state index in [2.05, 4.69) is 11.4 Å². The quantitative estimate of drug-likeness (QED) is 0.153. The molecule has 0 saturated heterocycles. The van der Waals surface area contributed by atoms with Crippen LogP contribution in [-0.2, 0) is 18.3 Å². The van der Waals surface area contributed by atoms with Gasteiger partial charge in [0.2, 0.25) is 0 Å². The lowest BCUT2D eigenvalue weighted by molar-refractivity contribution is -0.0224. The van der Waals surface area contributed by atoms with E-state index >= 15 is 0 Å². The molecule has 0 aliphatic heterocycles. The summed E-state index contributed by atoms with van der Waals surface area (Å²) in [5.41, 5.74) is 5.21. The first-order valence-corrected chi connectivity index (χ1v) is 13.1. The Bertz CT molecular complexity index is 386. The number of aliphatic hydroxyl groups is 1. The molecule has 0 aliphatic rings. The molecular formula is C21H46NO6P. The van der Waals surface area contributed by atoms with Crippen molar-refractivity contribution >= 4 is 7.82 Å². The number of hydrogen-bond acceptors (Lipinski definition) is 6. The van der Waals surface area contributed by atoms with Gasteiger partial charge in [0.15, 0.2) is 0 Å². The molecule has 0 rings (SSSR count). The van der Waals surface area contributed by atoms with Crippen LogP contribution in [0.3, 0.4) is 0 Å². The SMILES string of the molecule is CCCCCCCCCCCCCCCCO[C@@H](CO)COP(=O)(O)OCCN. The molecule has 0 spiro atoms. The second-order valence-corrected chi connectivity index (χ2v) is 9.11. The van der Waals surface area contributed by atoms with E-state index in [1.807, 2.05) is 0 Å². The van der Waals surface area contributed by atoms with Gasteiger partial charge in [0.25, 0.3) is 0 Å². The van der Waals surface area contributed by atoms with Crippen LogP contribution < -0.4 is 5.73 Å². The van der Waals surface area contributed by atoms with E-state index in [1.54, 1.807) is 0 Å². The fraction of sp³-hybridized carbons (Fsp3) is 1.00. The summed E-state index contributed by atoms with van der Waals surface area (Å²) in [4.78, 5) is 9.41. The summed E-state index contributed by atoms with van der Waals surface area (Å²) < 4.78 is 26.5. The van der Waals surface area contributed by atoms with Crippen molar-refractivity contribution in [1.82, 2.24) is 0 Å². The summed E-state index contributed by atoms with van der Waals surface area (Å²) in [5, 5.41) is 9.28. The Labute approximate surface area is 178 Å². The normalized spacial score (nSPS) is 14.8. The van der Waals surface area contributed by atoms with Gasteiger partial charge in [-0.05, 0) is 6.42 Å². The van der Waals surface area contributed by atoms with E-state index in [9.17, 15) is 14.6 Å². The van der Waals surface area contributed by atoms with Crippen molar-refractivity contribution in [2.45, 2.75) is 103 Å². The summed E-state index contributed by atoms with van der Waals surface area (Å²) in [5.74, 6) is 0. The predicted octanol–water partition coefficient (Wildman–Crippen LogP) is 4.94. The van der Waals surface area contributed by atoms with Crippen molar-refractivity contribution in [2.24, 2.45) is 5.73 Å². The maximum absolute atomic E-state index is 11.5. The minimum atomic E-state index is -4.12. The molecule has 0 aromatic rings. The first-order chi connectivity index (χ1) is 14.1. The molecular weight excluding hydrogens is 393 g/mol. The number of nitrogens with two attached hydrogens (primary N) is 1. The number of phosphoric ester groups is 1. The maximum atomic E-state index is 11.5. The van der Waals surface area contributed by atoms with Crippen LogP contribution in [0, 0.1) is 0 Å². The third-order valence-corrected chi connectivity index (χ3v) is 5.84. The van der Waals surface area contributed by atoms with Crippen LogP contribution in [0.1, 0.15) is 96.8 Å². The number of hydrogen-bond donors (Lipinski definition) is 3. The second-order valence-electron chi connectivity index (χ2n) is 7.66. The van der Waals surface area contributed by atoms with Crippen LogP contribution in [0.4, 0.5) is 0 Å². The predicted molar refractivity (Wildman–Crippen MR) is 118 cm³/mol. The molecule has 0 saturated carbocycles. The lowest BCUT2D eigenvalue weighted by Crippen LogP contribution is -2.24. The van der Waals surface area contributed by atoms with Crippen molar-refractivity contribution < 1.29 is 28.3 Å². The average Bonchev–Trinajstić information content (AvgIpc) is 2.71. The highest BCUT2D eigenvalue weighted by Crippen LogP contribution is 2.42. The highest BCUT2D eigenvalue weighted by Gasteiger charge is 2.23. The summed E-state index contributed by atoms with van der Waals surface area (Å²) in [6.45, 7) is 2.38. The van der Waals surface area contributed by atoms with Crippen LogP contribution in [0.15, 0.2) is 0 Å². The fourth-order valence-electron chi connectivity index (χ4n) is 3.08. The highest BCUT2D eigenvalue weighted by molar-refractivity contribution is 7.47. The minimum Gasteiger partial charge on any atom is -0.394 e. The van der Waals surface area contributed by atoms with Crippen LogP contribution in [0.25, 0.3) is 0 Å². The minimum absolute atomic E-state index is 0.0581. The Kier molecular flexibility index (Phi) is 21.2.